The molecular formula is C19H17NO2S2. The van der Waals surface area contributed by atoms with Gasteiger partial charge in [-0.1, -0.05) is 42.5 Å². The fraction of sp³-hybridized carbons (Fsp3) is 0.105. The Balaban J connectivity index is 1.41. The molecule has 2 heterocycles. The van der Waals surface area contributed by atoms with E-state index in [1.165, 1.54) is 9.75 Å². The van der Waals surface area contributed by atoms with Gasteiger partial charge in [0.05, 0.1) is 0 Å². The van der Waals surface area contributed by atoms with Crippen LogP contribution in [0.1, 0.15) is 10.4 Å². The summed E-state index contributed by atoms with van der Waals surface area (Å²) in [5, 5.41) is 4.80. The summed E-state index contributed by atoms with van der Waals surface area (Å²) < 4.78 is 5.15. The van der Waals surface area contributed by atoms with Gasteiger partial charge in [-0.3, -0.25) is 0 Å². The zero-order valence-corrected chi connectivity index (χ0v) is 14.6. The first-order valence-corrected chi connectivity index (χ1v) is 9.26. The number of carbonyl (C=O) groups excluding carboxylic acids is 1. The second-order valence-electron chi connectivity index (χ2n) is 5.02. The minimum absolute atomic E-state index is 0.283. The van der Waals surface area contributed by atoms with Gasteiger partial charge in [0.1, 0.15) is 6.61 Å². The number of rotatable bonds is 6. The Morgan fingerprint density at radius 2 is 1.92 bits per heavy atom. The zero-order valence-electron chi connectivity index (χ0n) is 13.0. The van der Waals surface area contributed by atoms with Crippen molar-refractivity contribution < 1.29 is 9.53 Å². The van der Waals surface area contributed by atoms with Crippen LogP contribution in [-0.2, 0) is 11.3 Å². The normalized spacial score (nSPS) is 10.8. The molecule has 0 bridgehead atoms. The van der Waals surface area contributed by atoms with Crippen LogP contribution in [0, 0.1) is 0 Å². The second kappa shape index (κ2) is 8.47. The first-order valence-electron chi connectivity index (χ1n) is 7.56. The summed E-state index contributed by atoms with van der Waals surface area (Å²) in [4.78, 5) is 15.3. The van der Waals surface area contributed by atoms with E-state index in [1.54, 1.807) is 22.7 Å². The number of benzene rings is 1. The highest BCUT2D eigenvalue weighted by Gasteiger charge is 2.02. The van der Waals surface area contributed by atoms with Gasteiger partial charge in [0, 0.05) is 21.2 Å². The van der Waals surface area contributed by atoms with Gasteiger partial charge in [-0.25, -0.2) is 4.79 Å². The molecule has 5 heteroatoms. The number of carbonyl (C=O) groups is 1. The lowest BCUT2D eigenvalue weighted by Gasteiger charge is -2.05. The highest BCUT2D eigenvalue weighted by molar-refractivity contribution is 7.21. The molecule has 3 nitrogen and oxygen atoms in total. The van der Waals surface area contributed by atoms with Gasteiger partial charge < -0.3 is 10.1 Å². The van der Waals surface area contributed by atoms with E-state index in [-0.39, 0.29) is 6.61 Å². The van der Waals surface area contributed by atoms with Crippen LogP contribution >= 0.6 is 22.7 Å². The molecule has 0 radical (unpaired) electrons. The van der Waals surface area contributed by atoms with Crippen LogP contribution in [0.2, 0.25) is 0 Å². The quantitative estimate of drug-likeness (QED) is 0.641. The Kier molecular flexibility index (Phi) is 5.82. The maximum Gasteiger partial charge on any atom is 0.407 e. The number of thiophene rings is 2. The van der Waals surface area contributed by atoms with E-state index in [0.29, 0.717) is 6.54 Å². The topological polar surface area (TPSA) is 38.3 Å². The Labute approximate surface area is 149 Å². The molecule has 0 aliphatic rings. The summed E-state index contributed by atoms with van der Waals surface area (Å²) in [7, 11) is 0. The van der Waals surface area contributed by atoms with Crippen LogP contribution in [0.15, 0.2) is 66.1 Å². The lowest BCUT2D eigenvalue weighted by Crippen LogP contribution is -2.24. The summed E-state index contributed by atoms with van der Waals surface area (Å²) in [6.45, 7) is 0.728. The standard InChI is InChI=1S/C19H17NO2S2/c21-19(22-14-15-6-2-1-3-7-15)20-12-4-8-16-10-11-18(24-16)17-9-5-13-23-17/h1-11,13H,12,14H2,(H,20,21). The molecule has 1 amide bonds. The van der Waals surface area contributed by atoms with E-state index in [1.807, 2.05) is 42.5 Å². The summed E-state index contributed by atoms with van der Waals surface area (Å²) in [6, 6.07) is 18.0. The van der Waals surface area contributed by atoms with Crippen LogP contribution in [0.5, 0.6) is 0 Å². The van der Waals surface area contributed by atoms with Gasteiger partial charge in [-0.2, -0.15) is 0 Å². The molecule has 0 unspecified atom stereocenters. The first kappa shape index (κ1) is 16.5. The van der Waals surface area contributed by atoms with E-state index in [0.717, 1.165) is 10.4 Å². The van der Waals surface area contributed by atoms with Crippen LogP contribution < -0.4 is 5.32 Å². The monoisotopic (exact) mass is 355 g/mol. The second-order valence-corrected chi connectivity index (χ2v) is 7.09. The molecule has 24 heavy (non-hydrogen) atoms. The Hall–Kier alpha value is -2.37. The van der Waals surface area contributed by atoms with Crippen LogP contribution in [0.3, 0.4) is 0 Å². The maximum absolute atomic E-state index is 11.6. The summed E-state index contributed by atoms with van der Waals surface area (Å²) in [6.07, 6.45) is 3.53. The summed E-state index contributed by atoms with van der Waals surface area (Å²) in [5.74, 6) is 0. The van der Waals surface area contributed by atoms with Crippen LogP contribution in [0.4, 0.5) is 4.79 Å². The third-order valence-electron chi connectivity index (χ3n) is 3.25. The predicted octanol–water partition coefficient (Wildman–Crippen LogP) is 5.42. The molecule has 0 aliphatic heterocycles. The van der Waals surface area contributed by atoms with Gasteiger partial charge in [-0.05, 0) is 35.2 Å². The molecule has 3 aromatic rings. The average Bonchev–Trinajstić information content (AvgIpc) is 3.29. The van der Waals surface area contributed by atoms with Crippen LogP contribution in [-0.4, -0.2) is 12.6 Å². The van der Waals surface area contributed by atoms with Crippen molar-refractivity contribution in [1.82, 2.24) is 5.32 Å². The largest absolute Gasteiger partial charge is 0.445 e. The van der Waals surface area contributed by atoms with Gasteiger partial charge in [-0.15, -0.1) is 22.7 Å². The third-order valence-corrected chi connectivity index (χ3v) is 5.37. The first-order chi connectivity index (χ1) is 11.8. The highest BCUT2D eigenvalue weighted by atomic mass is 32.1. The molecule has 0 saturated heterocycles. The summed E-state index contributed by atoms with van der Waals surface area (Å²) in [5.41, 5.74) is 0.975. The number of hydrogen-bond donors (Lipinski definition) is 1. The average molecular weight is 355 g/mol. The molecule has 0 saturated carbocycles. The molecule has 0 fully saturated rings. The number of ether oxygens (including phenoxy) is 1. The molecule has 3 rings (SSSR count). The number of nitrogens with one attached hydrogen (secondary N) is 1. The number of hydrogen-bond acceptors (Lipinski definition) is 4. The van der Waals surface area contributed by atoms with E-state index in [2.05, 4.69) is 35.0 Å². The number of amides is 1. The zero-order chi connectivity index (χ0) is 16.6. The SMILES string of the molecule is O=C(NCC=Cc1ccc(-c2cccs2)s1)OCc1ccccc1. The van der Waals surface area contributed by atoms with E-state index in [4.69, 9.17) is 4.74 Å². The molecule has 0 atom stereocenters. The van der Waals surface area contributed by atoms with Crippen molar-refractivity contribution in [3.05, 3.63) is 76.5 Å². The minimum atomic E-state index is -0.408. The molecule has 1 aromatic carbocycles. The van der Waals surface area contributed by atoms with Crippen molar-refractivity contribution in [2.45, 2.75) is 6.61 Å². The van der Waals surface area contributed by atoms with Gasteiger partial charge >= 0.3 is 6.09 Å². The van der Waals surface area contributed by atoms with Gasteiger partial charge in [0.25, 0.3) is 0 Å². The fourth-order valence-electron chi connectivity index (χ4n) is 2.09. The predicted molar refractivity (Wildman–Crippen MR) is 101 cm³/mol. The Morgan fingerprint density at radius 3 is 2.71 bits per heavy atom. The van der Waals surface area contributed by atoms with Crippen molar-refractivity contribution in [3.63, 3.8) is 0 Å². The van der Waals surface area contributed by atoms with Crippen molar-refractivity contribution in [2.75, 3.05) is 6.54 Å². The lowest BCUT2D eigenvalue weighted by molar-refractivity contribution is 0.141. The minimum Gasteiger partial charge on any atom is -0.445 e. The number of alkyl carbamates (subject to hydrolysis) is 1. The third kappa shape index (κ3) is 4.81. The lowest BCUT2D eigenvalue weighted by atomic mass is 10.2. The molecule has 122 valence electrons. The fourth-order valence-corrected chi connectivity index (χ4v) is 3.86. The Bertz CT molecular complexity index is 792. The van der Waals surface area contributed by atoms with E-state index in [9.17, 15) is 4.79 Å². The smallest absolute Gasteiger partial charge is 0.407 e. The molecule has 0 aliphatic carbocycles. The van der Waals surface area contributed by atoms with E-state index >= 15 is 0 Å². The molecule has 1 N–H and O–H groups in total. The molecule has 2 aromatic heterocycles. The maximum atomic E-state index is 11.6. The van der Waals surface area contributed by atoms with Crippen LogP contribution in [0.25, 0.3) is 15.8 Å². The molecule has 0 spiro atoms. The Morgan fingerprint density at radius 1 is 1.04 bits per heavy atom. The van der Waals surface area contributed by atoms with Crippen molar-refractivity contribution in [2.24, 2.45) is 0 Å². The van der Waals surface area contributed by atoms with Crippen molar-refractivity contribution in [1.29, 1.82) is 0 Å². The van der Waals surface area contributed by atoms with Crippen molar-refractivity contribution >= 4 is 34.8 Å². The van der Waals surface area contributed by atoms with Gasteiger partial charge in [0.15, 0.2) is 0 Å². The van der Waals surface area contributed by atoms with Gasteiger partial charge in [0.2, 0.25) is 0 Å². The summed E-state index contributed by atoms with van der Waals surface area (Å²) >= 11 is 3.47. The molecular weight excluding hydrogens is 338 g/mol. The van der Waals surface area contributed by atoms with E-state index < -0.39 is 6.09 Å². The van der Waals surface area contributed by atoms with Crippen molar-refractivity contribution in [3.8, 4) is 9.75 Å². The highest BCUT2D eigenvalue weighted by Crippen LogP contribution is 2.31.